The molecule has 0 spiro atoms. The van der Waals surface area contributed by atoms with Crippen LogP contribution in [0.5, 0.6) is 0 Å². The molecule has 0 saturated carbocycles. The highest BCUT2D eigenvalue weighted by Gasteiger charge is 2.26. The van der Waals surface area contributed by atoms with Crippen LogP contribution in [-0.2, 0) is 9.59 Å². The fraction of sp³-hybridized carbons (Fsp3) is 0.143. The van der Waals surface area contributed by atoms with Gasteiger partial charge in [0, 0.05) is 17.9 Å². The summed E-state index contributed by atoms with van der Waals surface area (Å²) in [6, 6.07) is 8.99. The zero-order valence-electron chi connectivity index (χ0n) is 10.2. The number of allylic oxidation sites excluding steroid dienone is 2. The fourth-order valence-corrected chi connectivity index (χ4v) is 1.82. The van der Waals surface area contributed by atoms with Crippen molar-refractivity contribution in [3.63, 3.8) is 0 Å². The molecule has 1 aliphatic carbocycles. The molecule has 0 bridgehead atoms. The van der Waals surface area contributed by atoms with Crippen molar-refractivity contribution in [1.29, 1.82) is 0 Å². The maximum absolute atomic E-state index is 11.9. The number of nitrogens with two attached hydrogens (primary N) is 1. The summed E-state index contributed by atoms with van der Waals surface area (Å²) in [7, 11) is 0. The Kier molecular flexibility index (Phi) is 3.77. The lowest BCUT2D eigenvalue weighted by Gasteiger charge is -2.17. The Morgan fingerprint density at radius 3 is 2.47 bits per heavy atom. The molecule has 0 aromatic heterocycles. The minimum atomic E-state index is -0.410. The van der Waals surface area contributed by atoms with E-state index in [1.54, 1.807) is 24.3 Å². The highest BCUT2D eigenvalue weighted by molar-refractivity contribution is 6.23. The van der Waals surface area contributed by atoms with Crippen molar-refractivity contribution in [1.82, 2.24) is 0 Å². The first-order valence-electron chi connectivity index (χ1n) is 5.85. The smallest absolute Gasteiger partial charge is 0.207 e. The Labute approximate surface area is 110 Å². The van der Waals surface area contributed by atoms with Gasteiger partial charge in [-0.3, -0.25) is 9.59 Å². The third-order valence-corrected chi connectivity index (χ3v) is 2.78. The molecule has 1 aromatic rings. The van der Waals surface area contributed by atoms with Crippen LogP contribution in [-0.4, -0.2) is 23.3 Å². The largest absolute Gasteiger partial charge is 0.396 e. The third-order valence-electron chi connectivity index (χ3n) is 2.78. The van der Waals surface area contributed by atoms with Crippen molar-refractivity contribution in [2.75, 3.05) is 11.9 Å². The van der Waals surface area contributed by atoms with Gasteiger partial charge in [-0.25, -0.2) is 0 Å². The molecular weight excluding hydrogens is 244 g/mol. The number of aliphatic hydroxyl groups is 1. The molecule has 0 atom stereocenters. The van der Waals surface area contributed by atoms with Crippen LogP contribution in [0.4, 0.5) is 5.69 Å². The molecular formula is C14H14N2O3. The predicted octanol–water partition coefficient (Wildman–Crippen LogP) is 0.729. The molecule has 4 N–H and O–H groups in total. The number of aliphatic hydroxyl groups excluding tert-OH is 1. The van der Waals surface area contributed by atoms with Crippen LogP contribution >= 0.6 is 0 Å². The number of anilines is 1. The van der Waals surface area contributed by atoms with E-state index in [0.29, 0.717) is 5.69 Å². The maximum atomic E-state index is 11.9. The van der Waals surface area contributed by atoms with Gasteiger partial charge in [0.1, 0.15) is 11.4 Å². The van der Waals surface area contributed by atoms with Crippen molar-refractivity contribution in [2.45, 2.75) is 6.42 Å². The number of carbonyl (C=O) groups is 2. The number of rotatable bonds is 4. The van der Waals surface area contributed by atoms with Gasteiger partial charge in [-0.05, 0) is 24.6 Å². The quantitative estimate of drug-likeness (QED) is 0.692. The van der Waals surface area contributed by atoms with Crippen LogP contribution in [0, 0.1) is 0 Å². The molecule has 0 saturated heterocycles. The van der Waals surface area contributed by atoms with Gasteiger partial charge in [0.05, 0.1) is 0 Å². The average molecular weight is 258 g/mol. The van der Waals surface area contributed by atoms with Crippen LogP contribution in [0.3, 0.4) is 0 Å². The Balaban J connectivity index is 2.27. The zero-order chi connectivity index (χ0) is 13.8. The molecule has 0 radical (unpaired) electrons. The molecule has 0 fully saturated rings. The molecule has 19 heavy (non-hydrogen) atoms. The van der Waals surface area contributed by atoms with Crippen LogP contribution in [0.25, 0.3) is 0 Å². The van der Waals surface area contributed by atoms with E-state index in [1.807, 2.05) is 6.07 Å². The van der Waals surface area contributed by atoms with Gasteiger partial charge in [-0.15, -0.1) is 0 Å². The number of hydrogen-bond acceptors (Lipinski definition) is 5. The van der Waals surface area contributed by atoms with Gasteiger partial charge >= 0.3 is 0 Å². The summed E-state index contributed by atoms with van der Waals surface area (Å²) in [5.41, 5.74) is 6.60. The van der Waals surface area contributed by atoms with E-state index in [2.05, 4.69) is 5.32 Å². The summed E-state index contributed by atoms with van der Waals surface area (Å²) >= 11 is 0. The maximum Gasteiger partial charge on any atom is 0.207 e. The lowest BCUT2D eigenvalue weighted by atomic mass is 9.96. The highest BCUT2D eigenvalue weighted by Crippen LogP contribution is 2.20. The van der Waals surface area contributed by atoms with Crippen molar-refractivity contribution in [2.24, 2.45) is 5.73 Å². The normalized spacial score (nSPS) is 15.5. The highest BCUT2D eigenvalue weighted by atomic mass is 16.3. The van der Waals surface area contributed by atoms with Crippen molar-refractivity contribution in [3.8, 4) is 0 Å². The van der Waals surface area contributed by atoms with Crippen LogP contribution in [0.1, 0.15) is 6.42 Å². The van der Waals surface area contributed by atoms with Crippen LogP contribution in [0.2, 0.25) is 0 Å². The van der Waals surface area contributed by atoms with E-state index in [9.17, 15) is 9.59 Å². The lowest BCUT2D eigenvalue weighted by Crippen LogP contribution is -2.28. The summed E-state index contributed by atoms with van der Waals surface area (Å²) in [5, 5.41) is 11.7. The first kappa shape index (κ1) is 13.0. The molecule has 1 aromatic carbocycles. The number of ketones is 2. The molecule has 0 heterocycles. The zero-order valence-corrected chi connectivity index (χ0v) is 10.2. The number of hydrogen-bond donors (Lipinski definition) is 3. The third kappa shape index (κ3) is 2.71. The first-order chi connectivity index (χ1) is 9.13. The van der Waals surface area contributed by atoms with E-state index in [0.717, 1.165) is 0 Å². The number of carbonyl (C=O) groups excluding carboxylic acids is 2. The van der Waals surface area contributed by atoms with E-state index in [4.69, 9.17) is 10.8 Å². The van der Waals surface area contributed by atoms with Gasteiger partial charge < -0.3 is 16.2 Å². The first-order valence-corrected chi connectivity index (χ1v) is 5.85. The molecule has 5 heteroatoms. The molecule has 5 nitrogen and oxygen atoms in total. The Morgan fingerprint density at radius 1 is 1.16 bits per heavy atom. The Hall–Kier alpha value is -2.40. The number of nitrogens with one attached hydrogen (secondary N) is 1. The Morgan fingerprint density at radius 2 is 1.84 bits per heavy atom. The van der Waals surface area contributed by atoms with Crippen molar-refractivity contribution < 1.29 is 14.7 Å². The predicted molar refractivity (Wildman–Crippen MR) is 71.1 cm³/mol. The van der Waals surface area contributed by atoms with E-state index >= 15 is 0 Å². The standard InChI is InChI=1S/C14H14N2O3/c15-12-13(16-10-4-2-1-3-5-10)11(18)8-9(6-7-17)14(12)19/h1-5,8,16-17H,6-7,15H2. The lowest BCUT2D eigenvalue weighted by molar-refractivity contribution is -0.116. The minimum absolute atomic E-state index is 0.0814. The van der Waals surface area contributed by atoms with Crippen LogP contribution in [0.15, 0.2) is 53.4 Å². The van der Waals surface area contributed by atoms with Crippen molar-refractivity contribution in [3.05, 3.63) is 53.4 Å². The summed E-state index contributed by atoms with van der Waals surface area (Å²) in [5.74, 6) is -0.767. The van der Waals surface area contributed by atoms with Crippen LogP contribution < -0.4 is 11.1 Å². The van der Waals surface area contributed by atoms with E-state index < -0.39 is 5.78 Å². The summed E-state index contributed by atoms with van der Waals surface area (Å²) < 4.78 is 0. The van der Waals surface area contributed by atoms with Gasteiger partial charge in [0.2, 0.25) is 11.6 Å². The second-order valence-electron chi connectivity index (χ2n) is 4.12. The number of para-hydroxylation sites is 1. The van der Waals surface area contributed by atoms with Gasteiger partial charge in [-0.2, -0.15) is 0 Å². The average Bonchev–Trinajstić information content (AvgIpc) is 2.42. The molecule has 0 unspecified atom stereocenters. The second-order valence-corrected chi connectivity index (χ2v) is 4.12. The monoisotopic (exact) mass is 258 g/mol. The SMILES string of the molecule is NC1=C(Nc2ccccc2)C(=O)C=C(CCO)C1=O. The Bertz CT molecular complexity index is 574. The fourth-order valence-electron chi connectivity index (χ4n) is 1.82. The topological polar surface area (TPSA) is 92.4 Å². The van der Waals surface area contributed by atoms with Gasteiger partial charge in [0.25, 0.3) is 0 Å². The van der Waals surface area contributed by atoms with Gasteiger partial charge in [0.15, 0.2) is 0 Å². The summed E-state index contributed by atoms with van der Waals surface area (Å²) in [4.78, 5) is 23.8. The molecule has 1 aliphatic rings. The van der Waals surface area contributed by atoms with E-state index in [1.165, 1.54) is 6.08 Å². The molecule has 0 aliphatic heterocycles. The molecule has 0 amide bonds. The number of benzene rings is 1. The number of Topliss-reactive ketones (excluding diaryl/α,β-unsaturated/α-hetero) is 1. The van der Waals surface area contributed by atoms with E-state index in [-0.39, 0.29) is 35.8 Å². The molecule has 2 rings (SSSR count). The molecule has 98 valence electrons. The minimum Gasteiger partial charge on any atom is -0.396 e. The summed E-state index contributed by atoms with van der Waals surface area (Å²) in [6.07, 6.45) is 1.35. The summed E-state index contributed by atoms with van der Waals surface area (Å²) in [6.45, 7) is -0.195. The van der Waals surface area contributed by atoms with Crippen molar-refractivity contribution >= 4 is 17.3 Å². The second kappa shape index (κ2) is 5.49. The van der Waals surface area contributed by atoms with Gasteiger partial charge in [-0.1, -0.05) is 18.2 Å².